The zero-order chi connectivity index (χ0) is 18.7. The molecule has 26 heavy (non-hydrogen) atoms. The number of piperazine rings is 1. The van der Waals surface area contributed by atoms with Gasteiger partial charge in [0.2, 0.25) is 0 Å². The third-order valence-corrected chi connectivity index (χ3v) is 4.65. The third kappa shape index (κ3) is 4.14. The number of hydrogen-bond acceptors (Lipinski definition) is 3. The number of hydrogen-bond donors (Lipinski definition) is 1. The number of halogens is 2. The number of carbonyl (C=O) groups excluding carboxylic acids is 2. The maximum Gasteiger partial charge on any atom is 0.321 e. The molecule has 1 N–H and O–H groups in total. The average molecular weight is 376 g/mol. The molecule has 0 aromatic heterocycles. The zero-order valence-corrected chi connectivity index (χ0v) is 15.1. The summed E-state index contributed by atoms with van der Waals surface area (Å²) in [6, 6.07) is 11.3. The van der Waals surface area contributed by atoms with E-state index in [1.54, 1.807) is 17.9 Å². The van der Waals surface area contributed by atoms with Crippen LogP contribution in [0.15, 0.2) is 42.5 Å². The number of Topliss-reactive ketones (excluding diaryl/α,β-unsaturated/α-hetero) is 1. The van der Waals surface area contributed by atoms with E-state index in [1.807, 2.05) is 18.2 Å². The number of carbonyl (C=O) groups is 2. The van der Waals surface area contributed by atoms with Crippen molar-refractivity contribution < 1.29 is 14.0 Å². The van der Waals surface area contributed by atoms with E-state index in [2.05, 4.69) is 10.2 Å². The van der Waals surface area contributed by atoms with E-state index in [9.17, 15) is 14.0 Å². The van der Waals surface area contributed by atoms with Gasteiger partial charge in [0.25, 0.3) is 0 Å². The molecule has 0 atom stereocenters. The highest BCUT2D eigenvalue weighted by Crippen LogP contribution is 2.21. The van der Waals surface area contributed by atoms with Crippen molar-refractivity contribution in [2.45, 2.75) is 6.92 Å². The first kappa shape index (κ1) is 18.2. The van der Waals surface area contributed by atoms with Crippen LogP contribution in [0.5, 0.6) is 0 Å². The summed E-state index contributed by atoms with van der Waals surface area (Å²) >= 11 is 5.73. The van der Waals surface area contributed by atoms with E-state index < -0.39 is 5.82 Å². The highest BCUT2D eigenvalue weighted by atomic mass is 35.5. The average Bonchev–Trinajstić information content (AvgIpc) is 2.65. The number of nitrogens with one attached hydrogen (secondary N) is 1. The standard InChI is InChI=1S/C19H19ClFN3O2/c1-13(25)14-3-2-4-16(11-14)23-7-9-24(10-8-23)19(26)22-15-5-6-18(21)17(20)12-15/h2-6,11-12H,7-10H2,1H3,(H,22,26). The summed E-state index contributed by atoms with van der Waals surface area (Å²) in [5, 5.41) is 2.70. The molecule has 0 aliphatic carbocycles. The van der Waals surface area contributed by atoms with Gasteiger partial charge in [-0.3, -0.25) is 4.79 Å². The molecular weight excluding hydrogens is 357 g/mol. The lowest BCUT2D eigenvalue weighted by atomic mass is 10.1. The summed E-state index contributed by atoms with van der Waals surface area (Å²) in [6.07, 6.45) is 0. The molecule has 0 spiro atoms. The van der Waals surface area contributed by atoms with Gasteiger partial charge in [-0.05, 0) is 37.3 Å². The van der Waals surface area contributed by atoms with E-state index in [0.717, 1.165) is 5.69 Å². The van der Waals surface area contributed by atoms with Crippen molar-refractivity contribution in [3.8, 4) is 0 Å². The molecule has 0 radical (unpaired) electrons. The molecule has 2 aromatic rings. The molecule has 7 heteroatoms. The summed E-state index contributed by atoms with van der Waals surface area (Å²) in [5.74, 6) is -0.492. The Hall–Kier alpha value is -2.60. The zero-order valence-electron chi connectivity index (χ0n) is 14.3. The van der Waals surface area contributed by atoms with Crippen molar-refractivity contribution in [2.75, 3.05) is 36.4 Å². The maximum absolute atomic E-state index is 13.2. The number of anilines is 2. The first-order chi connectivity index (χ1) is 12.4. The van der Waals surface area contributed by atoms with Crippen LogP contribution in [0.1, 0.15) is 17.3 Å². The largest absolute Gasteiger partial charge is 0.368 e. The van der Waals surface area contributed by atoms with E-state index in [1.165, 1.54) is 18.2 Å². The summed E-state index contributed by atoms with van der Waals surface area (Å²) in [5.41, 5.74) is 2.11. The molecule has 1 aliphatic rings. The number of urea groups is 1. The van der Waals surface area contributed by atoms with Gasteiger partial charge < -0.3 is 15.1 Å². The van der Waals surface area contributed by atoms with Crippen LogP contribution in [0.4, 0.5) is 20.6 Å². The second-order valence-electron chi connectivity index (χ2n) is 6.14. The van der Waals surface area contributed by atoms with E-state index >= 15 is 0 Å². The molecule has 5 nitrogen and oxygen atoms in total. The Bertz CT molecular complexity index is 835. The van der Waals surface area contributed by atoms with Gasteiger partial charge in [-0.1, -0.05) is 23.7 Å². The number of nitrogens with zero attached hydrogens (tertiary/aromatic N) is 2. The third-order valence-electron chi connectivity index (χ3n) is 4.36. The molecule has 1 saturated heterocycles. The molecule has 0 unspecified atom stereocenters. The van der Waals surface area contributed by atoms with Gasteiger partial charge >= 0.3 is 6.03 Å². The fourth-order valence-electron chi connectivity index (χ4n) is 2.87. The smallest absolute Gasteiger partial charge is 0.321 e. The van der Waals surface area contributed by atoms with Crippen LogP contribution in [-0.2, 0) is 0 Å². The van der Waals surface area contributed by atoms with Crippen LogP contribution >= 0.6 is 11.6 Å². The minimum atomic E-state index is -0.522. The van der Waals surface area contributed by atoms with Crippen molar-refractivity contribution >= 4 is 34.8 Å². The summed E-state index contributed by atoms with van der Waals surface area (Å²) < 4.78 is 13.2. The highest BCUT2D eigenvalue weighted by molar-refractivity contribution is 6.31. The van der Waals surface area contributed by atoms with Crippen LogP contribution in [0.2, 0.25) is 5.02 Å². The van der Waals surface area contributed by atoms with Crippen molar-refractivity contribution in [1.82, 2.24) is 4.90 Å². The Balaban J connectivity index is 1.59. The van der Waals surface area contributed by atoms with Gasteiger partial charge in [-0.2, -0.15) is 0 Å². The number of ketones is 1. The lowest BCUT2D eigenvalue weighted by Crippen LogP contribution is -2.50. The highest BCUT2D eigenvalue weighted by Gasteiger charge is 2.22. The molecule has 2 amide bonds. The maximum atomic E-state index is 13.2. The SMILES string of the molecule is CC(=O)c1cccc(N2CCN(C(=O)Nc3ccc(F)c(Cl)c3)CC2)c1. The molecule has 0 bridgehead atoms. The van der Waals surface area contributed by atoms with Gasteiger partial charge in [0.05, 0.1) is 5.02 Å². The lowest BCUT2D eigenvalue weighted by molar-refractivity contribution is 0.101. The van der Waals surface area contributed by atoms with Gasteiger partial charge in [0, 0.05) is 43.1 Å². The van der Waals surface area contributed by atoms with Crippen LogP contribution in [0.3, 0.4) is 0 Å². The second kappa shape index (κ2) is 7.74. The van der Waals surface area contributed by atoms with Gasteiger partial charge in [-0.25, -0.2) is 9.18 Å². The minimum absolute atomic E-state index is 0.0297. The molecular formula is C19H19ClFN3O2. The van der Waals surface area contributed by atoms with Crippen molar-refractivity contribution in [1.29, 1.82) is 0 Å². The Morgan fingerprint density at radius 3 is 2.46 bits per heavy atom. The van der Waals surface area contributed by atoms with Gasteiger partial charge in [0.15, 0.2) is 5.78 Å². The fraction of sp³-hybridized carbons (Fsp3) is 0.263. The number of rotatable bonds is 3. The number of benzene rings is 2. The van der Waals surface area contributed by atoms with Gasteiger partial charge in [0.1, 0.15) is 5.82 Å². The van der Waals surface area contributed by atoms with E-state index in [-0.39, 0.29) is 16.8 Å². The minimum Gasteiger partial charge on any atom is -0.368 e. The predicted octanol–water partition coefficient (Wildman–Crippen LogP) is 4.04. The molecule has 1 aliphatic heterocycles. The second-order valence-corrected chi connectivity index (χ2v) is 6.55. The Morgan fingerprint density at radius 1 is 1.08 bits per heavy atom. The molecule has 136 valence electrons. The fourth-order valence-corrected chi connectivity index (χ4v) is 3.05. The molecule has 0 saturated carbocycles. The van der Waals surface area contributed by atoms with Crippen molar-refractivity contribution in [3.05, 3.63) is 58.9 Å². The van der Waals surface area contributed by atoms with Crippen LogP contribution in [0.25, 0.3) is 0 Å². The number of amides is 2. The summed E-state index contributed by atoms with van der Waals surface area (Å²) in [4.78, 5) is 27.7. The van der Waals surface area contributed by atoms with Crippen LogP contribution in [-0.4, -0.2) is 42.9 Å². The Morgan fingerprint density at radius 2 is 1.81 bits per heavy atom. The van der Waals surface area contributed by atoms with Crippen molar-refractivity contribution in [3.63, 3.8) is 0 Å². The predicted molar refractivity (Wildman–Crippen MR) is 101 cm³/mol. The van der Waals surface area contributed by atoms with Crippen LogP contribution < -0.4 is 10.2 Å². The molecule has 1 heterocycles. The monoisotopic (exact) mass is 375 g/mol. The normalized spacial score (nSPS) is 14.3. The van der Waals surface area contributed by atoms with E-state index in [4.69, 9.17) is 11.6 Å². The summed E-state index contributed by atoms with van der Waals surface area (Å²) in [7, 11) is 0. The molecule has 2 aromatic carbocycles. The first-order valence-corrected chi connectivity index (χ1v) is 8.69. The van der Waals surface area contributed by atoms with Crippen molar-refractivity contribution in [2.24, 2.45) is 0 Å². The lowest BCUT2D eigenvalue weighted by Gasteiger charge is -2.36. The molecule has 1 fully saturated rings. The van der Waals surface area contributed by atoms with Gasteiger partial charge in [-0.15, -0.1) is 0 Å². The topological polar surface area (TPSA) is 52.7 Å². The molecule has 3 rings (SSSR count). The Kier molecular flexibility index (Phi) is 5.42. The summed E-state index contributed by atoms with van der Waals surface area (Å²) in [6.45, 7) is 3.97. The first-order valence-electron chi connectivity index (χ1n) is 8.31. The van der Waals surface area contributed by atoms with E-state index in [0.29, 0.717) is 37.4 Å². The Labute approximate surface area is 156 Å². The quantitative estimate of drug-likeness (QED) is 0.824. The van der Waals surface area contributed by atoms with Crippen LogP contribution in [0, 0.1) is 5.82 Å².